The lowest BCUT2D eigenvalue weighted by Gasteiger charge is -2.21. The maximum absolute atomic E-state index is 12.4. The van der Waals surface area contributed by atoms with Gasteiger partial charge in [-0.1, -0.05) is 38.5 Å². The van der Waals surface area contributed by atoms with Gasteiger partial charge in [-0.15, -0.1) is 0 Å². The maximum atomic E-state index is 12.4. The van der Waals surface area contributed by atoms with Crippen LogP contribution in [0.4, 0.5) is 0 Å². The molecule has 0 fully saturated rings. The second-order valence-corrected chi connectivity index (χ2v) is 6.41. The van der Waals surface area contributed by atoms with E-state index in [0.29, 0.717) is 0 Å². The molecule has 6 heteroatoms. The number of nitrogens with one attached hydrogen (secondary N) is 1. The first-order valence-corrected chi connectivity index (χ1v) is 8.54. The minimum Gasteiger partial charge on any atom is -0.368 e. The Labute approximate surface area is 148 Å². The van der Waals surface area contributed by atoms with Crippen LogP contribution in [0.25, 0.3) is 5.69 Å². The number of benzene rings is 1. The second-order valence-electron chi connectivity index (χ2n) is 6.41. The molecule has 0 spiro atoms. The predicted molar refractivity (Wildman–Crippen MR) is 97.3 cm³/mol. The van der Waals surface area contributed by atoms with E-state index in [1.165, 1.54) is 0 Å². The van der Waals surface area contributed by atoms with Crippen LogP contribution >= 0.6 is 0 Å². The molecule has 2 unspecified atom stereocenters. The summed E-state index contributed by atoms with van der Waals surface area (Å²) >= 11 is 0. The van der Waals surface area contributed by atoms with Crippen molar-refractivity contribution in [3.05, 3.63) is 47.3 Å². The zero-order valence-corrected chi connectivity index (χ0v) is 15.2. The summed E-state index contributed by atoms with van der Waals surface area (Å²) < 4.78 is 1.83. The number of rotatable bonds is 7. The van der Waals surface area contributed by atoms with E-state index >= 15 is 0 Å². The molecule has 25 heavy (non-hydrogen) atoms. The molecule has 1 aromatic carbocycles. The predicted octanol–water partition coefficient (Wildman–Crippen LogP) is 2.05. The third-order valence-electron chi connectivity index (χ3n) is 4.62. The average molecular weight is 342 g/mol. The van der Waals surface area contributed by atoms with E-state index in [4.69, 9.17) is 5.73 Å². The summed E-state index contributed by atoms with van der Waals surface area (Å²) in [6.45, 7) is 7.69. The number of para-hydroxylation sites is 1. The zero-order chi connectivity index (χ0) is 18.6. The maximum Gasteiger partial charge on any atom is 0.240 e. The Morgan fingerprint density at radius 3 is 2.44 bits per heavy atom. The fourth-order valence-electron chi connectivity index (χ4n) is 2.87. The molecule has 0 radical (unpaired) electrons. The normalized spacial score (nSPS) is 13.3. The van der Waals surface area contributed by atoms with Gasteiger partial charge in [0.2, 0.25) is 11.8 Å². The van der Waals surface area contributed by atoms with Gasteiger partial charge in [-0.2, -0.15) is 5.10 Å². The highest BCUT2D eigenvalue weighted by atomic mass is 16.2. The lowest BCUT2D eigenvalue weighted by Crippen LogP contribution is -2.48. The topological polar surface area (TPSA) is 90.0 Å². The summed E-state index contributed by atoms with van der Waals surface area (Å²) in [5, 5.41) is 7.31. The van der Waals surface area contributed by atoms with Gasteiger partial charge in [-0.25, -0.2) is 4.68 Å². The molecule has 0 aliphatic carbocycles. The minimum absolute atomic E-state index is 0.00399. The van der Waals surface area contributed by atoms with Gasteiger partial charge in [0.05, 0.1) is 17.8 Å². The number of nitrogens with two attached hydrogens (primary N) is 1. The molecule has 2 aromatic rings. The summed E-state index contributed by atoms with van der Waals surface area (Å²) in [4.78, 5) is 24.0. The van der Waals surface area contributed by atoms with Crippen molar-refractivity contribution in [1.29, 1.82) is 0 Å². The van der Waals surface area contributed by atoms with Crippen LogP contribution in [-0.2, 0) is 16.0 Å². The first-order chi connectivity index (χ1) is 11.8. The Bertz CT molecular complexity index is 752. The number of carbonyl (C=O) groups is 2. The number of primary amides is 1. The Kier molecular flexibility index (Phi) is 5.96. The molecule has 1 heterocycles. The van der Waals surface area contributed by atoms with Gasteiger partial charge >= 0.3 is 0 Å². The van der Waals surface area contributed by atoms with Gasteiger partial charge in [0.25, 0.3) is 0 Å². The number of amides is 2. The van der Waals surface area contributed by atoms with Gasteiger partial charge in [0, 0.05) is 11.3 Å². The highest BCUT2D eigenvalue weighted by Gasteiger charge is 2.24. The SMILES string of the molecule is CCC(C)C(NC(=O)Cc1c(C)nn(-c2ccccc2)c1C)C(N)=O. The lowest BCUT2D eigenvalue weighted by molar-refractivity contribution is -0.128. The van der Waals surface area contributed by atoms with Gasteiger partial charge in [0.1, 0.15) is 6.04 Å². The largest absolute Gasteiger partial charge is 0.368 e. The Balaban J connectivity index is 2.19. The van der Waals surface area contributed by atoms with Gasteiger partial charge in [-0.3, -0.25) is 9.59 Å². The van der Waals surface area contributed by atoms with Crippen molar-refractivity contribution >= 4 is 11.8 Å². The molecule has 0 saturated carbocycles. The smallest absolute Gasteiger partial charge is 0.240 e. The first-order valence-electron chi connectivity index (χ1n) is 8.54. The van der Waals surface area contributed by atoms with Crippen LogP contribution in [0.1, 0.15) is 37.2 Å². The summed E-state index contributed by atoms with van der Waals surface area (Å²) in [5.41, 5.74) is 8.96. The van der Waals surface area contributed by atoms with E-state index in [1.807, 2.05) is 62.7 Å². The van der Waals surface area contributed by atoms with E-state index in [9.17, 15) is 9.59 Å². The first kappa shape index (κ1) is 18.7. The van der Waals surface area contributed by atoms with Crippen molar-refractivity contribution < 1.29 is 9.59 Å². The molecule has 3 N–H and O–H groups in total. The number of aromatic nitrogens is 2. The van der Waals surface area contributed by atoms with Crippen LogP contribution < -0.4 is 11.1 Å². The van der Waals surface area contributed by atoms with Crippen molar-refractivity contribution in [2.45, 2.75) is 46.6 Å². The Morgan fingerprint density at radius 1 is 1.24 bits per heavy atom. The van der Waals surface area contributed by atoms with Crippen LogP contribution in [0.5, 0.6) is 0 Å². The number of hydrogen-bond donors (Lipinski definition) is 2. The summed E-state index contributed by atoms with van der Waals surface area (Å²) in [7, 11) is 0. The van der Waals surface area contributed by atoms with Crippen molar-refractivity contribution in [1.82, 2.24) is 15.1 Å². The second kappa shape index (κ2) is 7.96. The summed E-state index contributed by atoms with van der Waals surface area (Å²) in [5.74, 6) is -0.727. The van der Waals surface area contributed by atoms with Crippen LogP contribution in [0.3, 0.4) is 0 Å². The lowest BCUT2D eigenvalue weighted by atomic mass is 9.98. The Morgan fingerprint density at radius 2 is 1.88 bits per heavy atom. The molecule has 2 rings (SSSR count). The zero-order valence-electron chi connectivity index (χ0n) is 15.2. The van der Waals surface area contributed by atoms with Crippen molar-refractivity contribution in [2.75, 3.05) is 0 Å². The number of carbonyl (C=O) groups excluding carboxylic acids is 2. The summed E-state index contributed by atoms with van der Waals surface area (Å²) in [6.07, 6.45) is 0.933. The van der Waals surface area contributed by atoms with E-state index in [1.54, 1.807) is 0 Å². The molecular formula is C19H26N4O2. The van der Waals surface area contributed by atoms with Crippen molar-refractivity contribution in [3.8, 4) is 5.69 Å². The molecule has 0 bridgehead atoms. The van der Waals surface area contributed by atoms with E-state index in [2.05, 4.69) is 10.4 Å². The number of aryl methyl sites for hydroxylation is 1. The van der Waals surface area contributed by atoms with E-state index in [0.717, 1.165) is 29.1 Å². The standard InChI is InChI=1S/C19H26N4O2/c1-5-12(2)18(19(20)25)21-17(24)11-16-13(3)22-23(14(16)4)15-9-7-6-8-10-15/h6-10,12,18H,5,11H2,1-4H3,(H2,20,25)(H,21,24). The molecule has 0 aliphatic heterocycles. The quantitative estimate of drug-likeness (QED) is 0.807. The monoisotopic (exact) mass is 342 g/mol. The third kappa shape index (κ3) is 4.26. The Hall–Kier alpha value is -2.63. The molecule has 2 atom stereocenters. The third-order valence-corrected chi connectivity index (χ3v) is 4.62. The van der Waals surface area contributed by atoms with Gasteiger partial charge < -0.3 is 11.1 Å². The van der Waals surface area contributed by atoms with Gasteiger partial charge in [0.15, 0.2) is 0 Å². The van der Waals surface area contributed by atoms with Gasteiger partial charge in [-0.05, 0) is 31.9 Å². The fourth-order valence-corrected chi connectivity index (χ4v) is 2.87. The molecule has 134 valence electrons. The molecule has 0 saturated heterocycles. The molecule has 1 aromatic heterocycles. The molecule has 2 amide bonds. The molecule has 0 aliphatic rings. The van der Waals surface area contributed by atoms with E-state index < -0.39 is 11.9 Å². The van der Waals surface area contributed by atoms with E-state index in [-0.39, 0.29) is 18.2 Å². The average Bonchev–Trinajstić information content (AvgIpc) is 2.87. The minimum atomic E-state index is -0.651. The summed E-state index contributed by atoms with van der Waals surface area (Å²) in [6, 6.07) is 9.12. The molecular weight excluding hydrogens is 316 g/mol. The van der Waals surface area contributed by atoms with Crippen LogP contribution in [0.2, 0.25) is 0 Å². The van der Waals surface area contributed by atoms with Crippen molar-refractivity contribution in [2.24, 2.45) is 11.7 Å². The number of hydrogen-bond acceptors (Lipinski definition) is 3. The molecule has 6 nitrogen and oxygen atoms in total. The van der Waals surface area contributed by atoms with Crippen molar-refractivity contribution in [3.63, 3.8) is 0 Å². The fraction of sp³-hybridized carbons (Fsp3) is 0.421. The van der Waals surface area contributed by atoms with Crippen LogP contribution in [0.15, 0.2) is 30.3 Å². The highest BCUT2D eigenvalue weighted by Crippen LogP contribution is 2.18. The number of nitrogens with zero attached hydrogens (tertiary/aromatic N) is 2. The van der Waals surface area contributed by atoms with Crippen LogP contribution in [0, 0.1) is 19.8 Å². The highest BCUT2D eigenvalue weighted by molar-refractivity contribution is 5.87. The van der Waals surface area contributed by atoms with Crippen LogP contribution in [-0.4, -0.2) is 27.6 Å².